The number of hydrogen-bond donors (Lipinski definition) is 0. The van der Waals surface area contributed by atoms with Crippen molar-refractivity contribution in [2.75, 3.05) is 26.3 Å². The summed E-state index contributed by atoms with van der Waals surface area (Å²) >= 11 is 0. The van der Waals surface area contributed by atoms with E-state index in [4.69, 9.17) is 9.47 Å². The number of benzene rings is 1. The van der Waals surface area contributed by atoms with E-state index >= 15 is 0 Å². The van der Waals surface area contributed by atoms with Crippen LogP contribution in [0, 0.1) is 11.8 Å². The minimum absolute atomic E-state index is 0.0368. The normalized spacial score (nSPS) is 20.6. The summed E-state index contributed by atoms with van der Waals surface area (Å²) in [6.45, 7) is 6.41. The number of rotatable bonds is 8. The fourth-order valence-electron chi connectivity index (χ4n) is 3.40. The Morgan fingerprint density at radius 3 is 2.92 bits per heavy atom. The SMILES string of the molecule is CCCCN(C[C@@H]1C[C@@H]1C(=O)OCC)C(=O)c1ccc2c(c1)CCO2. The molecule has 1 amide bonds. The number of ether oxygens (including phenoxy) is 2. The second kappa shape index (κ2) is 7.89. The van der Waals surface area contributed by atoms with Gasteiger partial charge in [0.05, 0.1) is 19.1 Å². The van der Waals surface area contributed by atoms with E-state index in [1.807, 2.05) is 30.0 Å². The number of esters is 1. The Hall–Kier alpha value is -2.04. The van der Waals surface area contributed by atoms with Crippen molar-refractivity contribution in [2.45, 2.75) is 39.5 Å². The number of carbonyl (C=O) groups excluding carboxylic acids is 2. The van der Waals surface area contributed by atoms with E-state index in [0.717, 1.165) is 43.5 Å². The highest BCUT2D eigenvalue weighted by atomic mass is 16.5. The van der Waals surface area contributed by atoms with Crippen LogP contribution in [0.25, 0.3) is 0 Å². The van der Waals surface area contributed by atoms with Gasteiger partial charge < -0.3 is 14.4 Å². The zero-order valence-corrected chi connectivity index (χ0v) is 15.1. The van der Waals surface area contributed by atoms with Crippen LogP contribution >= 0.6 is 0 Å². The molecule has 1 aliphatic heterocycles. The van der Waals surface area contributed by atoms with Gasteiger partial charge in [-0.25, -0.2) is 0 Å². The highest BCUT2D eigenvalue weighted by molar-refractivity contribution is 5.94. The lowest BCUT2D eigenvalue weighted by Gasteiger charge is -2.23. The van der Waals surface area contributed by atoms with Crippen molar-refractivity contribution in [1.82, 2.24) is 4.90 Å². The minimum Gasteiger partial charge on any atom is -0.493 e. The Kier molecular flexibility index (Phi) is 5.61. The standard InChI is InChI=1S/C20H27NO4/c1-3-5-9-21(13-16-12-17(16)20(23)24-4-2)19(22)15-6-7-18-14(11-15)8-10-25-18/h6-7,11,16-17H,3-5,8-10,12-13H2,1-2H3/t16-,17-/m0/s1. The molecular weight excluding hydrogens is 318 g/mol. The van der Waals surface area contributed by atoms with E-state index in [9.17, 15) is 9.59 Å². The molecular formula is C20H27NO4. The summed E-state index contributed by atoms with van der Waals surface area (Å²) in [4.78, 5) is 26.7. The smallest absolute Gasteiger partial charge is 0.309 e. The number of fused-ring (bicyclic) bond motifs is 1. The van der Waals surface area contributed by atoms with Gasteiger partial charge in [0.1, 0.15) is 5.75 Å². The quantitative estimate of drug-likeness (QED) is 0.680. The zero-order valence-electron chi connectivity index (χ0n) is 15.1. The number of amides is 1. The molecule has 2 aliphatic rings. The average Bonchev–Trinajstić information content (AvgIpc) is 3.23. The van der Waals surface area contributed by atoms with Crippen molar-refractivity contribution >= 4 is 11.9 Å². The summed E-state index contributed by atoms with van der Waals surface area (Å²) in [5, 5.41) is 0. The average molecular weight is 345 g/mol. The first-order valence-electron chi connectivity index (χ1n) is 9.35. The van der Waals surface area contributed by atoms with Gasteiger partial charge >= 0.3 is 5.97 Å². The molecule has 25 heavy (non-hydrogen) atoms. The topological polar surface area (TPSA) is 55.8 Å². The van der Waals surface area contributed by atoms with Crippen molar-refractivity contribution in [3.05, 3.63) is 29.3 Å². The largest absolute Gasteiger partial charge is 0.493 e. The highest BCUT2D eigenvalue weighted by Gasteiger charge is 2.45. The predicted molar refractivity (Wildman–Crippen MR) is 94.7 cm³/mol. The fourth-order valence-corrected chi connectivity index (χ4v) is 3.40. The van der Waals surface area contributed by atoms with E-state index in [-0.39, 0.29) is 23.7 Å². The van der Waals surface area contributed by atoms with E-state index in [0.29, 0.717) is 25.3 Å². The van der Waals surface area contributed by atoms with Crippen LogP contribution in [-0.2, 0) is 16.0 Å². The van der Waals surface area contributed by atoms with Crippen molar-refractivity contribution < 1.29 is 19.1 Å². The maximum atomic E-state index is 13.0. The summed E-state index contributed by atoms with van der Waals surface area (Å²) < 4.78 is 10.6. The van der Waals surface area contributed by atoms with Crippen LogP contribution in [-0.4, -0.2) is 43.1 Å². The van der Waals surface area contributed by atoms with Crippen molar-refractivity contribution in [3.63, 3.8) is 0 Å². The number of unbranched alkanes of at least 4 members (excludes halogenated alkanes) is 1. The number of nitrogens with zero attached hydrogens (tertiary/aromatic N) is 1. The fraction of sp³-hybridized carbons (Fsp3) is 0.600. The minimum atomic E-state index is -0.120. The third-order valence-electron chi connectivity index (χ3n) is 4.97. The summed E-state index contributed by atoms with van der Waals surface area (Å²) in [5.74, 6) is 1.02. The Morgan fingerprint density at radius 1 is 1.32 bits per heavy atom. The molecule has 1 heterocycles. The van der Waals surface area contributed by atoms with Crippen molar-refractivity contribution in [2.24, 2.45) is 11.8 Å². The van der Waals surface area contributed by atoms with Gasteiger partial charge in [-0.1, -0.05) is 13.3 Å². The molecule has 0 bridgehead atoms. The maximum absolute atomic E-state index is 13.0. The molecule has 5 nitrogen and oxygen atoms in total. The molecule has 1 aromatic rings. The van der Waals surface area contributed by atoms with E-state index in [1.165, 1.54) is 0 Å². The lowest BCUT2D eigenvalue weighted by molar-refractivity contribution is -0.145. The summed E-state index contributed by atoms with van der Waals surface area (Å²) in [7, 11) is 0. The zero-order chi connectivity index (χ0) is 17.8. The van der Waals surface area contributed by atoms with Gasteiger partial charge in [-0.15, -0.1) is 0 Å². The first-order chi connectivity index (χ1) is 12.1. The molecule has 5 heteroatoms. The van der Waals surface area contributed by atoms with Gasteiger partial charge in [0.15, 0.2) is 0 Å². The van der Waals surface area contributed by atoms with Crippen LogP contribution in [0.3, 0.4) is 0 Å². The molecule has 1 fully saturated rings. The van der Waals surface area contributed by atoms with Crippen LogP contribution in [0.15, 0.2) is 18.2 Å². The van der Waals surface area contributed by atoms with Gasteiger partial charge in [0.2, 0.25) is 0 Å². The molecule has 0 N–H and O–H groups in total. The summed E-state index contributed by atoms with van der Waals surface area (Å²) in [5.41, 5.74) is 1.82. The Labute approximate surface area is 149 Å². The van der Waals surface area contributed by atoms with Crippen LogP contribution < -0.4 is 4.74 Å². The van der Waals surface area contributed by atoms with Crippen LogP contribution in [0.5, 0.6) is 5.75 Å². The lowest BCUT2D eigenvalue weighted by atomic mass is 10.1. The van der Waals surface area contributed by atoms with Crippen molar-refractivity contribution in [1.29, 1.82) is 0 Å². The molecule has 3 rings (SSSR count). The number of carbonyl (C=O) groups is 2. The molecule has 1 saturated carbocycles. The first kappa shape index (κ1) is 17.8. The van der Waals surface area contributed by atoms with Gasteiger partial charge in [-0.05, 0) is 49.4 Å². The van der Waals surface area contributed by atoms with E-state index in [1.54, 1.807) is 0 Å². The van der Waals surface area contributed by atoms with Gasteiger partial charge in [0, 0.05) is 25.1 Å². The molecule has 0 unspecified atom stereocenters. The highest BCUT2D eigenvalue weighted by Crippen LogP contribution is 2.40. The molecule has 1 aliphatic carbocycles. The van der Waals surface area contributed by atoms with E-state index in [2.05, 4.69) is 6.92 Å². The molecule has 0 saturated heterocycles. The number of hydrogen-bond acceptors (Lipinski definition) is 4. The lowest BCUT2D eigenvalue weighted by Crippen LogP contribution is -2.34. The summed E-state index contributed by atoms with van der Waals surface area (Å²) in [6, 6.07) is 5.70. The predicted octanol–water partition coefficient (Wildman–Crippen LogP) is 3.06. The van der Waals surface area contributed by atoms with Crippen LogP contribution in [0.2, 0.25) is 0 Å². The third-order valence-corrected chi connectivity index (χ3v) is 4.97. The van der Waals surface area contributed by atoms with Gasteiger partial charge in [-0.3, -0.25) is 9.59 Å². The van der Waals surface area contributed by atoms with E-state index < -0.39 is 0 Å². The van der Waals surface area contributed by atoms with Crippen LogP contribution in [0.1, 0.15) is 49.0 Å². The molecule has 2 atom stereocenters. The molecule has 0 aromatic heterocycles. The Bertz CT molecular complexity index is 643. The molecule has 1 aromatic carbocycles. The Balaban J connectivity index is 1.66. The van der Waals surface area contributed by atoms with Gasteiger partial charge in [-0.2, -0.15) is 0 Å². The molecule has 136 valence electrons. The summed E-state index contributed by atoms with van der Waals surface area (Å²) in [6.07, 6.45) is 3.69. The third kappa shape index (κ3) is 4.14. The molecule has 0 radical (unpaired) electrons. The second-order valence-electron chi connectivity index (χ2n) is 6.88. The van der Waals surface area contributed by atoms with Crippen LogP contribution in [0.4, 0.5) is 0 Å². The first-order valence-corrected chi connectivity index (χ1v) is 9.35. The monoisotopic (exact) mass is 345 g/mol. The van der Waals surface area contributed by atoms with Gasteiger partial charge in [0.25, 0.3) is 5.91 Å². The maximum Gasteiger partial charge on any atom is 0.309 e. The second-order valence-corrected chi connectivity index (χ2v) is 6.88. The Morgan fingerprint density at radius 2 is 2.16 bits per heavy atom. The molecule has 0 spiro atoms. The van der Waals surface area contributed by atoms with Crippen molar-refractivity contribution in [3.8, 4) is 5.75 Å².